The van der Waals surface area contributed by atoms with Crippen molar-refractivity contribution in [2.45, 2.75) is 32.9 Å². The van der Waals surface area contributed by atoms with Gasteiger partial charge in [-0.05, 0) is 37.6 Å². The van der Waals surface area contributed by atoms with Crippen LogP contribution in [0.1, 0.15) is 36.8 Å². The van der Waals surface area contributed by atoms with Crippen LogP contribution in [0.3, 0.4) is 0 Å². The van der Waals surface area contributed by atoms with E-state index in [9.17, 15) is 0 Å². The van der Waals surface area contributed by atoms with Gasteiger partial charge in [-0.25, -0.2) is 0 Å². The lowest BCUT2D eigenvalue weighted by Crippen LogP contribution is -2.09. The van der Waals surface area contributed by atoms with Gasteiger partial charge in [0.25, 0.3) is 0 Å². The van der Waals surface area contributed by atoms with Gasteiger partial charge in [-0.1, -0.05) is 22.9 Å². The monoisotopic (exact) mass is 337 g/mol. The number of rotatable bonds is 5. The Morgan fingerprint density at radius 2 is 2.15 bits per heavy atom. The maximum atomic E-state index is 5.99. The number of nitrogens with zero attached hydrogens (tertiary/aromatic N) is 2. The van der Waals surface area contributed by atoms with Gasteiger partial charge < -0.3 is 10.5 Å². The standard InChI is InChI=1S/C15H20BrN3O/c1-4-12-8-13(19(3)18-12)9-20-15-6-5-11(16)7-14(15)10(2)17/h5-8,10H,4,9,17H2,1-3H3/t10-/m0/s1. The first-order chi connectivity index (χ1) is 9.51. The summed E-state index contributed by atoms with van der Waals surface area (Å²) in [5.41, 5.74) is 9.12. The summed E-state index contributed by atoms with van der Waals surface area (Å²) in [6.07, 6.45) is 0.928. The third kappa shape index (κ3) is 3.41. The van der Waals surface area contributed by atoms with E-state index in [2.05, 4.69) is 34.0 Å². The molecule has 5 heteroatoms. The molecular weight excluding hydrogens is 318 g/mol. The molecule has 0 aliphatic carbocycles. The molecule has 0 bridgehead atoms. The lowest BCUT2D eigenvalue weighted by Gasteiger charge is -2.14. The summed E-state index contributed by atoms with van der Waals surface area (Å²) in [6, 6.07) is 7.91. The average molecular weight is 338 g/mol. The Bertz CT molecular complexity index is 593. The van der Waals surface area contributed by atoms with E-state index in [-0.39, 0.29) is 6.04 Å². The number of hydrogen-bond donors (Lipinski definition) is 1. The Morgan fingerprint density at radius 1 is 1.40 bits per heavy atom. The first-order valence-electron chi connectivity index (χ1n) is 6.71. The normalized spacial score (nSPS) is 12.4. The zero-order chi connectivity index (χ0) is 14.7. The lowest BCUT2D eigenvalue weighted by atomic mass is 10.1. The van der Waals surface area contributed by atoms with E-state index in [0.29, 0.717) is 6.61 Å². The molecule has 0 unspecified atom stereocenters. The first kappa shape index (κ1) is 15.1. The molecule has 2 aromatic rings. The molecular formula is C15H20BrN3O. The molecule has 2 rings (SSSR count). The molecule has 20 heavy (non-hydrogen) atoms. The quantitative estimate of drug-likeness (QED) is 0.910. The first-order valence-corrected chi connectivity index (χ1v) is 7.50. The minimum absolute atomic E-state index is 0.0692. The van der Waals surface area contributed by atoms with Gasteiger partial charge in [0.1, 0.15) is 12.4 Å². The largest absolute Gasteiger partial charge is 0.487 e. The van der Waals surface area contributed by atoms with Crippen LogP contribution in [0, 0.1) is 0 Å². The molecule has 0 saturated carbocycles. The van der Waals surface area contributed by atoms with Gasteiger partial charge in [0.2, 0.25) is 0 Å². The van der Waals surface area contributed by atoms with Gasteiger partial charge in [-0.3, -0.25) is 4.68 Å². The van der Waals surface area contributed by atoms with E-state index in [0.717, 1.165) is 33.6 Å². The number of halogens is 1. The third-order valence-corrected chi connectivity index (χ3v) is 3.72. The second kappa shape index (κ2) is 6.41. The number of ether oxygens (including phenoxy) is 1. The molecule has 1 aromatic carbocycles. The summed E-state index contributed by atoms with van der Waals surface area (Å²) in [6.45, 7) is 4.54. The van der Waals surface area contributed by atoms with E-state index < -0.39 is 0 Å². The summed E-state index contributed by atoms with van der Waals surface area (Å²) >= 11 is 3.46. The number of aromatic nitrogens is 2. The Morgan fingerprint density at radius 3 is 2.75 bits per heavy atom. The Labute approximate surface area is 128 Å². The fourth-order valence-corrected chi connectivity index (χ4v) is 2.42. The average Bonchev–Trinajstić information content (AvgIpc) is 2.78. The van der Waals surface area contributed by atoms with E-state index in [4.69, 9.17) is 10.5 Å². The van der Waals surface area contributed by atoms with Crippen molar-refractivity contribution < 1.29 is 4.74 Å². The van der Waals surface area contributed by atoms with Crippen molar-refractivity contribution in [3.8, 4) is 5.75 Å². The van der Waals surface area contributed by atoms with Crippen LogP contribution < -0.4 is 10.5 Å². The van der Waals surface area contributed by atoms with Gasteiger partial charge in [0.05, 0.1) is 11.4 Å². The Balaban J connectivity index is 2.16. The molecule has 0 aliphatic rings. The smallest absolute Gasteiger partial charge is 0.130 e. The van der Waals surface area contributed by atoms with Crippen LogP contribution >= 0.6 is 15.9 Å². The minimum atomic E-state index is -0.0692. The maximum Gasteiger partial charge on any atom is 0.130 e. The highest BCUT2D eigenvalue weighted by Gasteiger charge is 2.10. The van der Waals surface area contributed by atoms with Crippen LogP contribution in [-0.4, -0.2) is 9.78 Å². The molecule has 2 N–H and O–H groups in total. The van der Waals surface area contributed by atoms with E-state index in [1.807, 2.05) is 36.9 Å². The van der Waals surface area contributed by atoms with Crippen LogP contribution in [0.5, 0.6) is 5.75 Å². The SMILES string of the molecule is CCc1cc(COc2ccc(Br)cc2[C@H](C)N)n(C)n1. The van der Waals surface area contributed by atoms with Gasteiger partial charge >= 0.3 is 0 Å². The summed E-state index contributed by atoms with van der Waals surface area (Å²) in [7, 11) is 1.94. The van der Waals surface area contributed by atoms with E-state index in [1.54, 1.807) is 0 Å². The minimum Gasteiger partial charge on any atom is -0.487 e. The molecule has 0 saturated heterocycles. The number of nitrogens with two attached hydrogens (primary N) is 1. The van der Waals surface area contributed by atoms with E-state index >= 15 is 0 Å². The van der Waals surface area contributed by atoms with Crippen molar-refractivity contribution in [3.05, 3.63) is 45.7 Å². The van der Waals surface area contributed by atoms with Crippen LogP contribution in [0.25, 0.3) is 0 Å². The number of hydrogen-bond acceptors (Lipinski definition) is 3. The molecule has 1 aromatic heterocycles. The van der Waals surface area contributed by atoms with Gasteiger partial charge in [-0.15, -0.1) is 0 Å². The van der Waals surface area contributed by atoms with Crippen molar-refractivity contribution in [2.75, 3.05) is 0 Å². The van der Waals surface area contributed by atoms with Crippen LogP contribution in [0.4, 0.5) is 0 Å². The molecule has 0 fully saturated rings. The number of benzene rings is 1. The number of aryl methyl sites for hydroxylation is 2. The molecule has 0 amide bonds. The molecule has 0 spiro atoms. The van der Waals surface area contributed by atoms with E-state index in [1.165, 1.54) is 0 Å². The van der Waals surface area contributed by atoms with Crippen molar-refractivity contribution >= 4 is 15.9 Å². The molecule has 1 atom stereocenters. The zero-order valence-electron chi connectivity index (χ0n) is 12.1. The predicted octanol–water partition coefficient (Wildman–Crippen LogP) is 3.34. The van der Waals surface area contributed by atoms with Gasteiger partial charge in [0.15, 0.2) is 0 Å². The van der Waals surface area contributed by atoms with Crippen molar-refractivity contribution in [3.63, 3.8) is 0 Å². The highest BCUT2D eigenvalue weighted by Crippen LogP contribution is 2.28. The Hall–Kier alpha value is -1.33. The third-order valence-electron chi connectivity index (χ3n) is 3.23. The van der Waals surface area contributed by atoms with Crippen LogP contribution in [0.2, 0.25) is 0 Å². The zero-order valence-corrected chi connectivity index (χ0v) is 13.6. The molecule has 1 heterocycles. The fraction of sp³-hybridized carbons (Fsp3) is 0.400. The maximum absolute atomic E-state index is 5.99. The van der Waals surface area contributed by atoms with Gasteiger partial charge in [-0.2, -0.15) is 5.10 Å². The summed E-state index contributed by atoms with van der Waals surface area (Å²) in [5, 5.41) is 4.42. The fourth-order valence-electron chi connectivity index (χ4n) is 2.04. The molecule has 0 radical (unpaired) electrons. The molecule has 0 aliphatic heterocycles. The highest BCUT2D eigenvalue weighted by atomic mass is 79.9. The van der Waals surface area contributed by atoms with Crippen LogP contribution in [-0.2, 0) is 20.1 Å². The van der Waals surface area contributed by atoms with Crippen LogP contribution in [0.15, 0.2) is 28.7 Å². The Kier molecular flexibility index (Phi) is 4.83. The summed E-state index contributed by atoms with van der Waals surface area (Å²) < 4.78 is 8.79. The summed E-state index contributed by atoms with van der Waals surface area (Å²) in [4.78, 5) is 0. The summed E-state index contributed by atoms with van der Waals surface area (Å²) in [5.74, 6) is 0.822. The topological polar surface area (TPSA) is 53.1 Å². The van der Waals surface area contributed by atoms with Crippen molar-refractivity contribution in [2.24, 2.45) is 12.8 Å². The van der Waals surface area contributed by atoms with Crippen molar-refractivity contribution in [1.82, 2.24) is 9.78 Å². The highest BCUT2D eigenvalue weighted by molar-refractivity contribution is 9.10. The molecule has 4 nitrogen and oxygen atoms in total. The second-order valence-corrected chi connectivity index (χ2v) is 5.78. The predicted molar refractivity (Wildman–Crippen MR) is 83.7 cm³/mol. The van der Waals surface area contributed by atoms with Crippen molar-refractivity contribution in [1.29, 1.82) is 0 Å². The second-order valence-electron chi connectivity index (χ2n) is 4.86. The molecule has 108 valence electrons. The van der Waals surface area contributed by atoms with Gasteiger partial charge in [0, 0.05) is 23.1 Å². The lowest BCUT2D eigenvalue weighted by molar-refractivity contribution is 0.290.